The predicted molar refractivity (Wildman–Crippen MR) is 76.1 cm³/mol. The lowest BCUT2D eigenvalue weighted by Crippen LogP contribution is -2.29. The van der Waals surface area contributed by atoms with Crippen molar-refractivity contribution in [1.82, 2.24) is 4.90 Å². The van der Waals surface area contributed by atoms with Gasteiger partial charge >= 0.3 is 0 Å². The standard InChI is InChI=1S/C15H24N2O/c1-11(2)8-9-15(18)17(4)12(3)13-6-5-7-14(16)10-13/h5-7,10-12H,8-9,16H2,1-4H3. The number of nitrogens with zero attached hydrogens (tertiary/aromatic N) is 1. The van der Waals surface area contributed by atoms with Gasteiger partial charge in [0.1, 0.15) is 0 Å². The summed E-state index contributed by atoms with van der Waals surface area (Å²) in [5.74, 6) is 0.753. The monoisotopic (exact) mass is 248 g/mol. The second-order valence-corrected chi connectivity index (χ2v) is 5.28. The molecule has 1 aromatic rings. The number of hydrogen-bond acceptors (Lipinski definition) is 2. The van der Waals surface area contributed by atoms with Crippen LogP contribution in [0.2, 0.25) is 0 Å². The Morgan fingerprint density at radius 2 is 2.00 bits per heavy atom. The minimum absolute atomic E-state index is 0.0631. The van der Waals surface area contributed by atoms with Crippen LogP contribution in [0.15, 0.2) is 24.3 Å². The second-order valence-electron chi connectivity index (χ2n) is 5.28. The highest BCUT2D eigenvalue weighted by atomic mass is 16.2. The van der Waals surface area contributed by atoms with E-state index in [-0.39, 0.29) is 11.9 Å². The summed E-state index contributed by atoms with van der Waals surface area (Å²) in [4.78, 5) is 13.8. The molecule has 3 heteroatoms. The molecule has 1 atom stereocenters. The zero-order valence-electron chi connectivity index (χ0n) is 11.8. The molecule has 0 aliphatic rings. The fourth-order valence-electron chi connectivity index (χ4n) is 1.85. The van der Waals surface area contributed by atoms with Gasteiger partial charge < -0.3 is 10.6 Å². The van der Waals surface area contributed by atoms with E-state index in [1.54, 1.807) is 4.90 Å². The van der Waals surface area contributed by atoms with Crippen molar-refractivity contribution < 1.29 is 4.79 Å². The lowest BCUT2D eigenvalue weighted by Gasteiger charge is -2.26. The van der Waals surface area contributed by atoms with Gasteiger partial charge in [-0.2, -0.15) is 0 Å². The van der Waals surface area contributed by atoms with Crippen molar-refractivity contribution in [3.05, 3.63) is 29.8 Å². The van der Waals surface area contributed by atoms with Crippen LogP contribution in [0.5, 0.6) is 0 Å². The smallest absolute Gasteiger partial charge is 0.222 e. The third-order valence-corrected chi connectivity index (χ3v) is 3.30. The zero-order chi connectivity index (χ0) is 13.7. The van der Waals surface area contributed by atoms with E-state index in [9.17, 15) is 4.79 Å². The Bertz CT molecular complexity index is 401. The van der Waals surface area contributed by atoms with Crippen LogP contribution < -0.4 is 5.73 Å². The quantitative estimate of drug-likeness (QED) is 0.813. The van der Waals surface area contributed by atoms with Crippen molar-refractivity contribution in [2.45, 2.75) is 39.7 Å². The maximum atomic E-state index is 12.0. The fourth-order valence-corrected chi connectivity index (χ4v) is 1.85. The van der Waals surface area contributed by atoms with Crippen LogP contribution >= 0.6 is 0 Å². The van der Waals surface area contributed by atoms with Crippen molar-refractivity contribution in [2.75, 3.05) is 12.8 Å². The topological polar surface area (TPSA) is 46.3 Å². The molecule has 0 saturated carbocycles. The van der Waals surface area contributed by atoms with Gasteiger partial charge in [-0.25, -0.2) is 0 Å². The molecule has 100 valence electrons. The Morgan fingerprint density at radius 1 is 1.33 bits per heavy atom. The van der Waals surface area contributed by atoms with E-state index in [4.69, 9.17) is 5.73 Å². The normalized spacial score (nSPS) is 12.5. The summed E-state index contributed by atoms with van der Waals surface area (Å²) in [5, 5.41) is 0. The molecule has 0 bridgehead atoms. The van der Waals surface area contributed by atoms with Gasteiger partial charge in [0, 0.05) is 19.2 Å². The molecule has 0 fully saturated rings. The molecule has 0 radical (unpaired) electrons. The van der Waals surface area contributed by atoms with Gasteiger partial charge in [0.05, 0.1) is 6.04 Å². The molecule has 0 saturated heterocycles. The average molecular weight is 248 g/mol. The third kappa shape index (κ3) is 4.06. The number of anilines is 1. The lowest BCUT2D eigenvalue weighted by molar-refractivity contribution is -0.132. The van der Waals surface area contributed by atoms with Gasteiger partial charge in [0.15, 0.2) is 0 Å². The van der Waals surface area contributed by atoms with Gasteiger partial charge in [-0.3, -0.25) is 4.79 Å². The molecule has 0 heterocycles. The summed E-state index contributed by atoms with van der Waals surface area (Å²) < 4.78 is 0. The van der Waals surface area contributed by atoms with Crippen LogP contribution in [0.4, 0.5) is 5.69 Å². The molecule has 1 rings (SSSR count). The van der Waals surface area contributed by atoms with Gasteiger partial charge in [0.2, 0.25) is 5.91 Å². The van der Waals surface area contributed by atoms with Crippen molar-refractivity contribution >= 4 is 11.6 Å². The van der Waals surface area contributed by atoms with Gasteiger partial charge in [-0.15, -0.1) is 0 Å². The van der Waals surface area contributed by atoms with E-state index in [2.05, 4.69) is 13.8 Å². The summed E-state index contributed by atoms with van der Waals surface area (Å²) in [7, 11) is 1.86. The van der Waals surface area contributed by atoms with E-state index in [1.807, 2.05) is 38.2 Å². The zero-order valence-corrected chi connectivity index (χ0v) is 11.8. The minimum Gasteiger partial charge on any atom is -0.399 e. The first-order valence-electron chi connectivity index (χ1n) is 6.53. The molecule has 18 heavy (non-hydrogen) atoms. The summed E-state index contributed by atoms with van der Waals surface area (Å²) >= 11 is 0. The first kappa shape index (κ1) is 14.6. The average Bonchev–Trinajstić information content (AvgIpc) is 2.34. The first-order valence-corrected chi connectivity index (χ1v) is 6.53. The second kappa shape index (κ2) is 6.43. The number of carbonyl (C=O) groups excluding carboxylic acids is 1. The molecule has 2 N–H and O–H groups in total. The highest BCUT2D eigenvalue weighted by Crippen LogP contribution is 2.21. The van der Waals surface area contributed by atoms with Crippen molar-refractivity contribution in [2.24, 2.45) is 5.92 Å². The van der Waals surface area contributed by atoms with Crippen LogP contribution in [0.3, 0.4) is 0 Å². The molecule has 1 unspecified atom stereocenters. The summed E-state index contributed by atoms with van der Waals surface area (Å²) in [6.45, 7) is 6.30. The van der Waals surface area contributed by atoms with E-state index >= 15 is 0 Å². The van der Waals surface area contributed by atoms with E-state index in [0.717, 1.165) is 17.7 Å². The predicted octanol–water partition coefficient (Wildman–Crippen LogP) is 3.22. The molecule has 0 aromatic heterocycles. The molecular formula is C15H24N2O. The van der Waals surface area contributed by atoms with Crippen molar-refractivity contribution in [3.8, 4) is 0 Å². The van der Waals surface area contributed by atoms with E-state index in [1.165, 1.54) is 0 Å². The molecule has 3 nitrogen and oxygen atoms in total. The van der Waals surface area contributed by atoms with Gasteiger partial charge in [-0.05, 0) is 37.0 Å². The lowest BCUT2D eigenvalue weighted by atomic mass is 10.0. The maximum absolute atomic E-state index is 12.0. The largest absolute Gasteiger partial charge is 0.399 e. The number of hydrogen-bond donors (Lipinski definition) is 1. The Labute approximate surface area is 110 Å². The van der Waals surface area contributed by atoms with Crippen molar-refractivity contribution in [1.29, 1.82) is 0 Å². The number of amides is 1. The van der Waals surface area contributed by atoms with Crippen molar-refractivity contribution in [3.63, 3.8) is 0 Å². The molecule has 0 aliphatic heterocycles. The third-order valence-electron chi connectivity index (χ3n) is 3.30. The number of nitrogens with two attached hydrogens (primary N) is 1. The fraction of sp³-hybridized carbons (Fsp3) is 0.533. The Hall–Kier alpha value is -1.51. The van der Waals surface area contributed by atoms with E-state index < -0.39 is 0 Å². The molecule has 1 amide bonds. The van der Waals surface area contributed by atoms with Crippen LogP contribution in [0, 0.1) is 5.92 Å². The SMILES string of the molecule is CC(C)CCC(=O)N(C)C(C)c1cccc(N)c1. The number of carbonyl (C=O) groups is 1. The minimum atomic E-state index is 0.0631. The van der Waals surface area contributed by atoms with Crippen LogP contribution in [-0.4, -0.2) is 17.9 Å². The number of benzene rings is 1. The van der Waals surface area contributed by atoms with E-state index in [0.29, 0.717) is 12.3 Å². The van der Waals surface area contributed by atoms with Crippen LogP contribution in [0.25, 0.3) is 0 Å². The van der Waals surface area contributed by atoms with Crippen LogP contribution in [0.1, 0.15) is 45.2 Å². The van der Waals surface area contributed by atoms with Gasteiger partial charge in [0.25, 0.3) is 0 Å². The maximum Gasteiger partial charge on any atom is 0.222 e. The highest BCUT2D eigenvalue weighted by molar-refractivity contribution is 5.76. The number of rotatable bonds is 5. The highest BCUT2D eigenvalue weighted by Gasteiger charge is 2.17. The summed E-state index contributed by atoms with van der Waals surface area (Å²) in [6.07, 6.45) is 1.55. The molecule has 0 aliphatic carbocycles. The first-order chi connectivity index (χ1) is 8.41. The summed E-state index contributed by atoms with van der Waals surface area (Å²) in [5.41, 5.74) is 7.58. The Morgan fingerprint density at radius 3 is 2.56 bits per heavy atom. The summed E-state index contributed by atoms with van der Waals surface area (Å²) in [6, 6.07) is 7.78. The molecule has 1 aromatic carbocycles. The number of nitrogen functional groups attached to an aromatic ring is 1. The molecule has 0 spiro atoms. The van der Waals surface area contributed by atoms with Crippen LogP contribution in [-0.2, 0) is 4.79 Å². The molecular weight excluding hydrogens is 224 g/mol. The van der Waals surface area contributed by atoms with Gasteiger partial charge in [-0.1, -0.05) is 26.0 Å². The Kier molecular flexibility index (Phi) is 5.20. The Balaban J connectivity index is 2.65.